The van der Waals surface area contributed by atoms with Crippen molar-refractivity contribution in [3.05, 3.63) is 87.5 Å². The van der Waals surface area contributed by atoms with Gasteiger partial charge in [0, 0.05) is 56.6 Å². The predicted octanol–water partition coefficient (Wildman–Crippen LogP) is 2.21. The van der Waals surface area contributed by atoms with Gasteiger partial charge in [0.2, 0.25) is 17.4 Å². The monoisotopic (exact) mass is 638 g/mol. The number of amidine groups is 1. The van der Waals surface area contributed by atoms with Crippen LogP contribution in [-0.2, 0) is 9.59 Å². The number of H-pyrrole nitrogens is 1. The number of amides is 2. The number of nitrogen functional groups attached to an aromatic ring is 1. The summed E-state index contributed by atoms with van der Waals surface area (Å²) < 4.78 is 0. The van der Waals surface area contributed by atoms with E-state index < -0.39 is 0 Å². The number of hydrogen-bond acceptors (Lipinski definition) is 8. The lowest BCUT2D eigenvalue weighted by Gasteiger charge is -2.33. The number of nitrogens with one attached hydrogen (secondary N) is 2. The molecule has 246 valence electrons. The van der Waals surface area contributed by atoms with E-state index in [1.165, 1.54) is 30.2 Å². The molecule has 2 fully saturated rings. The third-order valence-corrected chi connectivity index (χ3v) is 8.90. The minimum absolute atomic E-state index is 0.0467. The van der Waals surface area contributed by atoms with Crippen molar-refractivity contribution < 1.29 is 9.59 Å². The van der Waals surface area contributed by atoms with Gasteiger partial charge in [-0.05, 0) is 62.4 Å². The molecule has 0 saturated carbocycles. The van der Waals surface area contributed by atoms with Gasteiger partial charge in [0.1, 0.15) is 23.7 Å². The summed E-state index contributed by atoms with van der Waals surface area (Å²) in [7, 11) is 1.65. The highest BCUT2D eigenvalue weighted by Crippen LogP contribution is 2.29. The summed E-state index contributed by atoms with van der Waals surface area (Å²) in [6, 6.07) is 14.3. The Morgan fingerprint density at radius 2 is 1.79 bits per heavy atom. The standard InChI is InChI=1S/C34H42N10O3/c1-3-44(28-10-9-27(35)32(41-28)31(36)25-8-11-29(45)39-18-25)34(47)26-12-15-42(19-26)20-30(46)43-16-13-23(14-17-43)22-4-6-24(7-5-22)33(37)40-21-38-2/h4-11,18,21,23,26,36H,3,12-17,19-20,35H2,1-2H3,(H,39,45)(H2,37,38,40)/t26-/m1/s1. The number of anilines is 2. The van der Waals surface area contributed by atoms with Crippen LogP contribution in [-0.4, -0.2) is 95.8 Å². The Morgan fingerprint density at radius 1 is 1.06 bits per heavy atom. The maximum Gasteiger partial charge on any atom is 0.247 e. The molecule has 6 N–H and O–H groups in total. The Balaban J connectivity index is 1.14. The van der Waals surface area contributed by atoms with Gasteiger partial charge in [-0.2, -0.15) is 0 Å². The molecule has 2 aliphatic rings. The molecule has 0 spiro atoms. The molecule has 2 aliphatic heterocycles. The second-order valence-electron chi connectivity index (χ2n) is 11.9. The number of aliphatic imine (C=N–C) groups is 2. The first-order valence-electron chi connectivity index (χ1n) is 15.9. The Kier molecular flexibility index (Phi) is 10.6. The zero-order chi connectivity index (χ0) is 33.5. The summed E-state index contributed by atoms with van der Waals surface area (Å²) in [5.41, 5.74) is 15.0. The van der Waals surface area contributed by atoms with Crippen molar-refractivity contribution in [2.24, 2.45) is 21.6 Å². The van der Waals surface area contributed by atoms with Crippen molar-refractivity contribution in [3.63, 3.8) is 0 Å². The number of hydrogen-bond donors (Lipinski definition) is 4. The first-order chi connectivity index (χ1) is 22.7. The first-order valence-corrected chi connectivity index (χ1v) is 15.9. The fourth-order valence-electron chi connectivity index (χ4n) is 6.22. The summed E-state index contributed by atoms with van der Waals surface area (Å²) >= 11 is 0. The van der Waals surface area contributed by atoms with Gasteiger partial charge in [0.25, 0.3) is 0 Å². The van der Waals surface area contributed by atoms with E-state index in [0.29, 0.717) is 68.0 Å². The number of carbonyl (C=O) groups excluding carboxylic acids is 2. The second kappa shape index (κ2) is 14.9. The number of nitrogens with zero attached hydrogens (tertiary/aromatic N) is 6. The number of benzene rings is 1. The van der Waals surface area contributed by atoms with E-state index in [-0.39, 0.29) is 41.2 Å². The lowest BCUT2D eigenvalue weighted by molar-refractivity contribution is -0.133. The highest BCUT2D eigenvalue weighted by molar-refractivity contribution is 6.12. The quantitative estimate of drug-likeness (QED) is 0.193. The van der Waals surface area contributed by atoms with Gasteiger partial charge >= 0.3 is 0 Å². The molecule has 1 atom stereocenters. The summed E-state index contributed by atoms with van der Waals surface area (Å²) in [5, 5.41) is 8.60. The van der Waals surface area contributed by atoms with Crippen molar-refractivity contribution in [1.82, 2.24) is 19.8 Å². The third-order valence-electron chi connectivity index (χ3n) is 8.90. The smallest absolute Gasteiger partial charge is 0.247 e. The number of carbonyl (C=O) groups is 2. The van der Waals surface area contributed by atoms with Crippen molar-refractivity contribution >= 4 is 41.2 Å². The van der Waals surface area contributed by atoms with E-state index >= 15 is 0 Å². The molecule has 4 heterocycles. The van der Waals surface area contributed by atoms with Crippen LogP contribution < -0.4 is 21.9 Å². The number of pyridine rings is 2. The Hall–Kier alpha value is -5.17. The van der Waals surface area contributed by atoms with Crippen LogP contribution in [0, 0.1) is 11.3 Å². The van der Waals surface area contributed by atoms with E-state index in [9.17, 15) is 14.4 Å². The fourth-order valence-corrected chi connectivity index (χ4v) is 6.22. The summed E-state index contributed by atoms with van der Waals surface area (Å²) in [6.07, 6.45) is 5.30. The molecule has 47 heavy (non-hydrogen) atoms. The van der Waals surface area contributed by atoms with Crippen molar-refractivity contribution in [2.75, 3.05) is 56.9 Å². The number of likely N-dealkylation sites (tertiary alicyclic amines) is 2. The fraction of sp³-hybridized carbons (Fsp3) is 0.382. The van der Waals surface area contributed by atoms with Crippen LogP contribution >= 0.6 is 0 Å². The average Bonchev–Trinajstić information content (AvgIpc) is 3.56. The molecule has 0 unspecified atom stereocenters. The van der Waals surface area contributed by atoms with Gasteiger partial charge in [0.15, 0.2) is 0 Å². The number of rotatable bonds is 10. The maximum absolute atomic E-state index is 13.7. The van der Waals surface area contributed by atoms with Gasteiger partial charge < -0.3 is 21.4 Å². The van der Waals surface area contributed by atoms with E-state index in [2.05, 4.69) is 37.0 Å². The molecule has 5 rings (SSSR count). The van der Waals surface area contributed by atoms with Crippen LogP contribution in [0.2, 0.25) is 0 Å². The van der Waals surface area contributed by atoms with Crippen LogP contribution in [0.1, 0.15) is 54.5 Å². The van der Waals surface area contributed by atoms with E-state index in [0.717, 1.165) is 18.4 Å². The Morgan fingerprint density at radius 3 is 2.45 bits per heavy atom. The largest absolute Gasteiger partial charge is 0.397 e. The average molecular weight is 639 g/mol. The lowest BCUT2D eigenvalue weighted by Crippen LogP contribution is -2.44. The summed E-state index contributed by atoms with van der Waals surface area (Å²) in [4.78, 5) is 59.1. The Labute approximate surface area is 273 Å². The topological polar surface area (TPSA) is 190 Å². The highest BCUT2D eigenvalue weighted by Gasteiger charge is 2.34. The molecule has 2 aromatic heterocycles. The van der Waals surface area contributed by atoms with Crippen molar-refractivity contribution in [1.29, 1.82) is 5.41 Å². The van der Waals surface area contributed by atoms with Crippen molar-refractivity contribution in [3.8, 4) is 0 Å². The molecule has 2 amide bonds. The molecule has 3 aromatic rings. The molecule has 13 heteroatoms. The number of piperidine rings is 1. The molecular weight excluding hydrogens is 596 g/mol. The van der Waals surface area contributed by atoms with Gasteiger partial charge in [0.05, 0.1) is 23.9 Å². The summed E-state index contributed by atoms with van der Waals surface area (Å²) in [5.74, 6) is 0.954. The summed E-state index contributed by atoms with van der Waals surface area (Å²) in [6.45, 7) is 5.11. The van der Waals surface area contributed by atoms with E-state index in [4.69, 9.17) is 16.9 Å². The first kappa shape index (κ1) is 33.2. The predicted molar refractivity (Wildman–Crippen MR) is 184 cm³/mol. The SMILES string of the molecule is CCN(C(=O)[C@@H]1CCN(CC(=O)N2CCC(c3ccc(C(N)=NC=NC)cc3)CC2)C1)c1ccc(N)c(C(=N)c2ccc(=O)[nH]c2)n1. The van der Waals surface area contributed by atoms with Gasteiger partial charge in [-0.3, -0.25) is 34.6 Å². The lowest BCUT2D eigenvalue weighted by atomic mass is 9.89. The zero-order valence-corrected chi connectivity index (χ0v) is 26.9. The minimum atomic E-state index is -0.273. The molecular formula is C34H42N10O3. The van der Waals surface area contributed by atoms with Crippen LogP contribution in [0.4, 0.5) is 11.5 Å². The maximum atomic E-state index is 13.7. The van der Waals surface area contributed by atoms with Gasteiger partial charge in [-0.15, -0.1) is 0 Å². The molecule has 0 bridgehead atoms. The third kappa shape index (κ3) is 7.80. The normalized spacial score (nSPS) is 17.7. The zero-order valence-electron chi connectivity index (χ0n) is 26.9. The second-order valence-corrected chi connectivity index (χ2v) is 11.9. The van der Waals surface area contributed by atoms with Crippen LogP contribution in [0.15, 0.2) is 69.5 Å². The van der Waals surface area contributed by atoms with Crippen LogP contribution in [0.3, 0.4) is 0 Å². The molecule has 0 radical (unpaired) electrons. The Bertz CT molecular complexity index is 1700. The van der Waals surface area contributed by atoms with Crippen LogP contribution in [0.5, 0.6) is 0 Å². The van der Waals surface area contributed by atoms with E-state index in [1.54, 1.807) is 24.1 Å². The number of aromatic nitrogens is 2. The molecule has 2 saturated heterocycles. The molecule has 0 aliphatic carbocycles. The number of nitrogens with two attached hydrogens (primary N) is 2. The van der Waals surface area contributed by atoms with Crippen LogP contribution in [0.25, 0.3) is 0 Å². The van der Waals surface area contributed by atoms with E-state index in [1.807, 2.05) is 24.0 Å². The minimum Gasteiger partial charge on any atom is -0.397 e. The number of aromatic amines is 1. The molecule has 13 nitrogen and oxygen atoms in total. The molecule has 1 aromatic carbocycles. The highest BCUT2D eigenvalue weighted by atomic mass is 16.2. The van der Waals surface area contributed by atoms with Crippen molar-refractivity contribution in [2.45, 2.75) is 32.1 Å². The van der Waals surface area contributed by atoms with Gasteiger partial charge in [-0.25, -0.2) is 9.98 Å². The van der Waals surface area contributed by atoms with Gasteiger partial charge in [-0.1, -0.05) is 24.3 Å².